The topological polar surface area (TPSA) is 76.7 Å². The first-order chi connectivity index (χ1) is 20.2. The molecule has 3 rings (SSSR count). The molecule has 2 amide bonds. The lowest BCUT2D eigenvalue weighted by Crippen LogP contribution is -2.25. The van der Waals surface area contributed by atoms with Crippen molar-refractivity contribution in [1.29, 1.82) is 0 Å². The Morgan fingerprint density at radius 1 is 0.634 bits per heavy atom. The van der Waals surface area contributed by atoms with E-state index in [2.05, 4.69) is 17.6 Å². The van der Waals surface area contributed by atoms with Gasteiger partial charge >= 0.3 is 0 Å². The number of hydrogen-bond donors (Lipinski definition) is 2. The molecule has 3 aromatic carbocycles. The number of nitrogens with one attached hydrogen (secondary N) is 2. The zero-order valence-corrected chi connectivity index (χ0v) is 24.5. The lowest BCUT2D eigenvalue weighted by atomic mass is 10.1. The third-order valence-corrected chi connectivity index (χ3v) is 6.90. The normalized spacial score (nSPS) is 10.7. The predicted molar refractivity (Wildman–Crippen MR) is 165 cm³/mol. The third-order valence-electron chi connectivity index (χ3n) is 6.90. The van der Waals surface area contributed by atoms with E-state index in [1.54, 1.807) is 12.1 Å². The molecule has 2 N–H and O–H groups in total. The zero-order chi connectivity index (χ0) is 29.0. The molecule has 0 fully saturated rings. The number of unbranched alkanes of at least 4 members (excludes halogenated alkanes) is 7. The van der Waals surface area contributed by atoms with Gasteiger partial charge in [-0.2, -0.15) is 0 Å². The monoisotopic (exact) mass is 558 g/mol. The Bertz CT molecular complexity index is 1150. The molecule has 0 radical (unpaired) electrons. The smallest absolute Gasteiger partial charge is 0.255 e. The van der Waals surface area contributed by atoms with Crippen molar-refractivity contribution in [3.63, 3.8) is 0 Å². The predicted octanol–water partition coefficient (Wildman–Crippen LogP) is 7.61. The lowest BCUT2D eigenvalue weighted by Gasteiger charge is -2.14. The standard InChI is InChI=1S/C35H46N2O4/c1-2-3-4-5-6-15-24-36-34(38)21-14-9-16-25-37-35(39)32-26-31(40-27-29-17-10-7-11-18-29)22-23-33(32)41-28-30-19-12-8-13-20-30/h7-8,10-13,17-20,22-23,26H,2-6,9,14-16,21,24-25,27-28H2,1H3,(H,36,38)(H,37,39). The van der Waals surface area contributed by atoms with Gasteiger partial charge in [-0.05, 0) is 48.6 Å². The number of carbonyl (C=O) groups excluding carboxylic acids is 2. The van der Waals surface area contributed by atoms with Gasteiger partial charge < -0.3 is 20.1 Å². The first-order valence-electron chi connectivity index (χ1n) is 15.2. The molecule has 41 heavy (non-hydrogen) atoms. The van der Waals surface area contributed by atoms with Crippen LogP contribution in [0.3, 0.4) is 0 Å². The number of rotatable bonds is 20. The first-order valence-corrected chi connectivity index (χ1v) is 15.2. The van der Waals surface area contributed by atoms with Gasteiger partial charge in [0, 0.05) is 19.5 Å². The molecule has 0 bridgehead atoms. The van der Waals surface area contributed by atoms with Crippen LogP contribution in [-0.2, 0) is 18.0 Å². The number of hydrogen-bond acceptors (Lipinski definition) is 4. The van der Waals surface area contributed by atoms with Crippen LogP contribution in [0.2, 0.25) is 0 Å². The molecule has 0 heterocycles. The number of carbonyl (C=O) groups is 2. The number of ether oxygens (including phenoxy) is 2. The summed E-state index contributed by atoms with van der Waals surface area (Å²) in [4.78, 5) is 25.2. The highest BCUT2D eigenvalue weighted by Crippen LogP contribution is 2.26. The van der Waals surface area contributed by atoms with Crippen LogP contribution < -0.4 is 20.1 Å². The molecule has 6 nitrogen and oxygen atoms in total. The molecule has 0 saturated heterocycles. The van der Waals surface area contributed by atoms with Crippen LogP contribution in [0.1, 0.15) is 92.6 Å². The van der Waals surface area contributed by atoms with Crippen molar-refractivity contribution in [1.82, 2.24) is 10.6 Å². The summed E-state index contributed by atoms with van der Waals surface area (Å²) < 4.78 is 12.0. The van der Waals surface area contributed by atoms with Crippen molar-refractivity contribution >= 4 is 11.8 Å². The van der Waals surface area contributed by atoms with E-state index in [9.17, 15) is 9.59 Å². The summed E-state index contributed by atoms with van der Waals surface area (Å²) in [5, 5.41) is 6.04. The maximum atomic E-state index is 13.2. The average molecular weight is 559 g/mol. The fourth-order valence-electron chi connectivity index (χ4n) is 4.48. The molecule has 0 saturated carbocycles. The van der Waals surface area contributed by atoms with Crippen molar-refractivity contribution in [2.45, 2.75) is 84.3 Å². The van der Waals surface area contributed by atoms with Gasteiger partial charge in [-0.1, -0.05) is 106 Å². The minimum Gasteiger partial charge on any atom is -0.489 e. The van der Waals surface area contributed by atoms with Crippen molar-refractivity contribution in [3.05, 3.63) is 95.6 Å². The van der Waals surface area contributed by atoms with Crippen molar-refractivity contribution in [3.8, 4) is 11.5 Å². The van der Waals surface area contributed by atoms with Gasteiger partial charge in [-0.25, -0.2) is 0 Å². The second-order valence-corrected chi connectivity index (χ2v) is 10.4. The largest absolute Gasteiger partial charge is 0.489 e. The highest BCUT2D eigenvalue weighted by Gasteiger charge is 2.15. The second kappa shape index (κ2) is 19.3. The Labute approximate surface area is 245 Å². The van der Waals surface area contributed by atoms with Crippen LogP contribution in [0.25, 0.3) is 0 Å². The number of amides is 2. The van der Waals surface area contributed by atoms with Gasteiger partial charge in [-0.15, -0.1) is 0 Å². The summed E-state index contributed by atoms with van der Waals surface area (Å²) in [6, 6.07) is 25.2. The van der Waals surface area contributed by atoms with Gasteiger partial charge in [0.25, 0.3) is 5.91 Å². The van der Waals surface area contributed by atoms with E-state index in [-0.39, 0.29) is 11.8 Å². The molecule has 0 atom stereocenters. The lowest BCUT2D eigenvalue weighted by molar-refractivity contribution is -0.121. The van der Waals surface area contributed by atoms with Crippen LogP contribution in [-0.4, -0.2) is 24.9 Å². The van der Waals surface area contributed by atoms with E-state index in [1.165, 1.54) is 32.1 Å². The summed E-state index contributed by atoms with van der Waals surface area (Å²) in [6.45, 7) is 4.30. The van der Waals surface area contributed by atoms with Crippen molar-refractivity contribution < 1.29 is 19.1 Å². The molecule has 0 spiro atoms. The van der Waals surface area contributed by atoms with Crippen LogP contribution in [0, 0.1) is 0 Å². The average Bonchev–Trinajstić information content (AvgIpc) is 3.01. The van der Waals surface area contributed by atoms with E-state index in [4.69, 9.17) is 9.47 Å². The van der Waals surface area contributed by atoms with E-state index >= 15 is 0 Å². The summed E-state index contributed by atoms with van der Waals surface area (Å²) in [5.74, 6) is 1.04. The minimum atomic E-state index is -0.199. The summed E-state index contributed by atoms with van der Waals surface area (Å²) in [6.07, 6.45) is 10.3. The van der Waals surface area contributed by atoms with Gasteiger partial charge in [-0.3, -0.25) is 9.59 Å². The second-order valence-electron chi connectivity index (χ2n) is 10.4. The maximum Gasteiger partial charge on any atom is 0.255 e. The van der Waals surface area contributed by atoms with E-state index in [1.807, 2.05) is 66.7 Å². The van der Waals surface area contributed by atoms with E-state index < -0.39 is 0 Å². The Kier molecular flexibility index (Phi) is 14.9. The van der Waals surface area contributed by atoms with Gasteiger partial charge in [0.05, 0.1) is 5.56 Å². The molecule has 0 aliphatic heterocycles. The molecule has 3 aromatic rings. The molecular weight excluding hydrogens is 512 g/mol. The highest BCUT2D eigenvalue weighted by atomic mass is 16.5. The quantitative estimate of drug-likeness (QED) is 0.140. The van der Waals surface area contributed by atoms with E-state index in [0.717, 1.165) is 43.4 Å². The fraction of sp³-hybridized carbons (Fsp3) is 0.429. The van der Waals surface area contributed by atoms with Crippen molar-refractivity contribution in [2.24, 2.45) is 0 Å². The van der Waals surface area contributed by atoms with Gasteiger partial charge in [0.15, 0.2) is 0 Å². The molecular formula is C35H46N2O4. The molecule has 0 aliphatic carbocycles. The summed E-state index contributed by atoms with van der Waals surface area (Å²) in [5.41, 5.74) is 2.53. The Morgan fingerprint density at radius 2 is 1.22 bits per heavy atom. The van der Waals surface area contributed by atoms with Crippen molar-refractivity contribution in [2.75, 3.05) is 13.1 Å². The molecule has 0 aromatic heterocycles. The minimum absolute atomic E-state index is 0.120. The molecule has 0 aliphatic rings. The van der Waals surface area contributed by atoms with Gasteiger partial charge in [0.1, 0.15) is 24.7 Å². The van der Waals surface area contributed by atoms with E-state index in [0.29, 0.717) is 43.2 Å². The maximum absolute atomic E-state index is 13.2. The SMILES string of the molecule is CCCCCCCCNC(=O)CCCCCNC(=O)c1cc(OCc2ccccc2)ccc1OCc1ccccc1. The first kappa shape index (κ1) is 31.7. The van der Waals surface area contributed by atoms with Crippen LogP contribution in [0.4, 0.5) is 0 Å². The Hall–Kier alpha value is -3.80. The summed E-state index contributed by atoms with van der Waals surface area (Å²) >= 11 is 0. The fourth-order valence-corrected chi connectivity index (χ4v) is 4.48. The third kappa shape index (κ3) is 12.9. The van der Waals surface area contributed by atoms with Crippen LogP contribution in [0.15, 0.2) is 78.9 Å². The zero-order valence-electron chi connectivity index (χ0n) is 24.5. The molecule has 0 unspecified atom stereocenters. The van der Waals surface area contributed by atoms with Gasteiger partial charge in [0.2, 0.25) is 5.91 Å². The highest BCUT2D eigenvalue weighted by molar-refractivity contribution is 5.97. The number of benzene rings is 3. The Balaban J connectivity index is 1.42. The van der Waals surface area contributed by atoms with Crippen LogP contribution in [0.5, 0.6) is 11.5 Å². The Morgan fingerprint density at radius 3 is 1.90 bits per heavy atom. The van der Waals surface area contributed by atoms with Crippen LogP contribution >= 0.6 is 0 Å². The summed E-state index contributed by atoms with van der Waals surface area (Å²) in [7, 11) is 0. The molecule has 6 heteroatoms. The molecule has 220 valence electrons.